The van der Waals surface area contributed by atoms with Crippen LogP contribution >= 0.6 is 0 Å². The minimum absolute atomic E-state index is 0.0151. The lowest BCUT2D eigenvalue weighted by atomic mass is 9.94. The highest BCUT2D eigenvalue weighted by Gasteiger charge is 2.45. The van der Waals surface area contributed by atoms with Crippen LogP contribution in [-0.2, 0) is 4.74 Å². The third kappa shape index (κ3) is 3.44. The molecule has 2 heterocycles. The molecule has 2 fully saturated rings. The van der Waals surface area contributed by atoms with Crippen molar-refractivity contribution in [3.8, 4) is 17.6 Å². The van der Waals surface area contributed by atoms with E-state index < -0.39 is 5.82 Å². The first-order valence-corrected chi connectivity index (χ1v) is 8.75. The van der Waals surface area contributed by atoms with E-state index in [0.29, 0.717) is 24.3 Å². The Labute approximate surface area is 156 Å². The number of anilines is 1. The lowest BCUT2D eigenvalue weighted by molar-refractivity contribution is -0.135. The molecular weight excluding hydrogens is 349 g/mol. The summed E-state index contributed by atoms with van der Waals surface area (Å²) in [6.07, 6.45) is 1.81. The SMILES string of the molecule is N#Cc1ccccc1Oc1ccc(NC(=O)N2CCC3(CCO3)C2)cc1F. The zero-order chi connectivity index (χ0) is 18.9. The van der Waals surface area contributed by atoms with Gasteiger partial charge in [-0.25, -0.2) is 9.18 Å². The molecule has 6 nitrogen and oxygen atoms in total. The Morgan fingerprint density at radius 3 is 2.74 bits per heavy atom. The van der Waals surface area contributed by atoms with Gasteiger partial charge in [-0.3, -0.25) is 0 Å². The number of carbonyl (C=O) groups excluding carboxylic acids is 1. The van der Waals surface area contributed by atoms with Crippen molar-refractivity contribution in [2.45, 2.75) is 18.4 Å². The van der Waals surface area contributed by atoms with E-state index in [2.05, 4.69) is 5.32 Å². The molecule has 1 atom stereocenters. The molecule has 1 unspecified atom stereocenters. The highest BCUT2D eigenvalue weighted by molar-refractivity contribution is 5.89. The molecule has 2 aliphatic heterocycles. The minimum Gasteiger partial charge on any atom is -0.453 e. The van der Waals surface area contributed by atoms with E-state index >= 15 is 0 Å². The van der Waals surface area contributed by atoms with E-state index in [4.69, 9.17) is 14.7 Å². The van der Waals surface area contributed by atoms with Crippen molar-refractivity contribution in [2.75, 3.05) is 25.0 Å². The monoisotopic (exact) mass is 367 g/mol. The second kappa shape index (κ2) is 6.89. The highest BCUT2D eigenvalue weighted by Crippen LogP contribution is 2.36. The summed E-state index contributed by atoms with van der Waals surface area (Å²) in [5.41, 5.74) is 0.485. The molecule has 0 aliphatic carbocycles. The van der Waals surface area contributed by atoms with Crippen molar-refractivity contribution < 1.29 is 18.7 Å². The number of likely N-dealkylation sites (tertiary alicyclic amines) is 1. The third-order valence-electron chi connectivity index (χ3n) is 4.98. The molecule has 2 aliphatic rings. The van der Waals surface area contributed by atoms with Crippen LogP contribution < -0.4 is 10.1 Å². The summed E-state index contributed by atoms with van der Waals surface area (Å²) in [4.78, 5) is 14.1. The maximum absolute atomic E-state index is 14.4. The van der Waals surface area contributed by atoms with Gasteiger partial charge >= 0.3 is 6.03 Å². The topological polar surface area (TPSA) is 74.6 Å². The number of rotatable bonds is 3. The largest absolute Gasteiger partial charge is 0.453 e. The number of urea groups is 1. The summed E-state index contributed by atoms with van der Waals surface area (Å²) in [7, 11) is 0. The molecule has 0 radical (unpaired) electrons. The first kappa shape index (κ1) is 17.3. The number of nitrogens with one attached hydrogen (secondary N) is 1. The van der Waals surface area contributed by atoms with Gasteiger partial charge in [0.1, 0.15) is 11.8 Å². The molecule has 2 saturated heterocycles. The number of para-hydroxylation sites is 1. The molecule has 0 bridgehead atoms. The Hall–Kier alpha value is -3.11. The van der Waals surface area contributed by atoms with Gasteiger partial charge in [0.15, 0.2) is 11.6 Å². The van der Waals surface area contributed by atoms with Crippen molar-refractivity contribution in [1.82, 2.24) is 4.90 Å². The zero-order valence-corrected chi connectivity index (χ0v) is 14.6. The number of nitrogens with zero attached hydrogens (tertiary/aromatic N) is 2. The van der Waals surface area contributed by atoms with E-state index in [1.54, 1.807) is 35.2 Å². The molecule has 0 aromatic heterocycles. The summed E-state index contributed by atoms with van der Waals surface area (Å²) < 4.78 is 25.5. The number of carbonyl (C=O) groups is 1. The van der Waals surface area contributed by atoms with Gasteiger partial charge in [0.25, 0.3) is 0 Å². The molecule has 1 N–H and O–H groups in total. The van der Waals surface area contributed by atoms with E-state index in [1.165, 1.54) is 12.1 Å². The van der Waals surface area contributed by atoms with Crippen molar-refractivity contribution in [3.05, 3.63) is 53.8 Å². The average Bonchev–Trinajstić information content (AvgIpc) is 3.11. The fourth-order valence-electron chi connectivity index (χ4n) is 3.36. The fourth-order valence-corrected chi connectivity index (χ4v) is 3.36. The van der Waals surface area contributed by atoms with Gasteiger partial charge < -0.3 is 19.7 Å². The van der Waals surface area contributed by atoms with Crippen LogP contribution in [0.2, 0.25) is 0 Å². The van der Waals surface area contributed by atoms with Gasteiger partial charge in [-0.15, -0.1) is 0 Å². The van der Waals surface area contributed by atoms with E-state index in [0.717, 1.165) is 19.4 Å². The summed E-state index contributed by atoms with van der Waals surface area (Å²) in [6.45, 7) is 1.94. The number of benzene rings is 2. The van der Waals surface area contributed by atoms with Crippen LogP contribution in [0.3, 0.4) is 0 Å². The molecule has 2 aromatic carbocycles. The number of ether oxygens (including phenoxy) is 2. The van der Waals surface area contributed by atoms with Crippen LogP contribution in [0.4, 0.5) is 14.9 Å². The van der Waals surface area contributed by atoms with E-state index in [-0.39, 0.29) is 23.1 Å². The molecule has 2 aromatic rings. The summed E-state index contributed by atoms with van der Waals surface area (Å²) in [6, 6.07) is 12.5. The number of hydrogen-bond donors (Lipinski definition) is 1. The molecule has 138 valence electrons. The second-order valence-corrected chi connectivity index (χ2v) is 6.74. The van der Waals surface area contributed by atoms with Gasteiger partial charge in [-0.05, 0) is 30.7 Å². The number of nitriles is 1. The van der Waals surface area contributed by atoms with Crippen LogP contribution in [-0.4, -0.2) is 36.2 Å². The second-order valence-electron chi connectivity index (χ2n) is 6.74. The van der Waals surface area contributed by atoms with Gasteiger partial charge in [0.05, 0.1) is 24.3 Å². The first-order chi connectivity index (χ1) is 13.1. The van der Waals surface area contributed by atoms with Crippen LogP contribution in [0.5, 0.6) is 11.5 Å². The quantitative estimate of drug-likeness (QED) is 0.893. The summed E-state index contributed by atoms with van der Waals surface area (Å²) in [5, 5.41) is 11.8. The van der Waals surface area contributed by atoms with Crippen molar-refractivity contribution >= 4 is 11.7 Å². The maximum Gasteiger partial charge on any atom is 0.321 e. The van der Waals surface area contributed by atoms with E-state index in [1.807, 2.05) is 6.07 Å². The Morgan fingerprint density at radius 1 is 1.26 bits per heavy atom. The zero-order valence-electron chi connectivity index (χ0n) is 14.6. The fraction of sp³-hybridized carbons (Fsp3) is 0.300. The molecule has 1 spiro atoms. The van der Waals surface area contributed by atoms with Crippen molar-refractivity contribution in [2.24, 2.45) is 0 Å². The van der Waals surface area contributed by atoms with Crippen molar-refractivity contribution in [3.63, 3.8) is 0 Å². The van der Waals surface area contributed by atoms with Gasteiger partial charge in [-0.2, -0.15) is 5.26 Å². The normalized spacial score (nSPS) is 20.8. The predicted octanol–water partition coefficient (Wildman–Crippen LogP) is 3.89. The maximum atomic E-state index is 14.4. The molecule has 7 heteroatoms. The van der Waals surface area contributed by atoms with Gasteiger partial charge in [0.2, 0.25) is 0 Å². The van der Waals surface area contributed by atoms with Crippen molar-refractivity contribution in [1.29, 1.82) is 5.26 Å². The molecule has 27 heavy (non-hydrogen) atoms. The summed E-state index contributed by atoms with van der Waals surface area (Å²) >= 11 is 0. The number of amides is 2. The molecule has 2 amide bonds. The number of hydrogen-bond acceptors (Lipinski definition) is 4. The van der Waals surface area contributed by atoms with Gasteiger partial charge in [-0.1, -0.05) is 12.1 Å². The Balaban J connectivity index is 1.43. The molecular formula is C20H18FN3O3. The lowest BCUT2D eigenvalue weighted by Crippen LogP contribution is -2.47. The number of halogens is 1. The Kier molecular flexibility index (Phi) is 4.42. The molecule has 4 rings (SSSR count). The first-order valence-electron chi connectivity index (χ1n) is 8.75. The molecule has 0 saturated carbocycles. The van der Waals surface area contributed by atoms with Crippen LogP contribution in [0.15, 0.2) is 42.5 Å². The summed E-state index contributed by atoms with van der Waals surface area (Å²) in [5.74, 6) is -0.363. The average molecular weight is 367 g/mol. The lowest BCUT2D eigenvalue weighted by Gasteiger charge is -2.38. The van der Waals surface area contributed by atoms with Crippen LogP contribution in [0.1, 0.15) is 18.4 Å². The highest BCUT2D eigenvalue weighted by atomic mass is 19.1. The Bertz CT molecular complexity index is 921. The standard InChI is InChI=1S/C20H18FN3O3/c21-16-11-15(23-19(25)24-9-7-20(13-24)8-10-26-20)5-6-18(16)27-17-4-2-1-3-14(17)12-22/h1-6,11H,7-10,13H2,(H,23,25). The van der Waals surface area contributed by atoms with Gasteiger partial charge in [0, 0.05) is 24.7 Å². The minimum atomic E-state index is -0.624. The predicted molar refractivity (Wildman–Crippen MR) is 96.1 cm³/mol. The smallest absolute Gasteiger partial charge is 0.321 e. The van der Waals surface area contributed by atoms with Crippen LogP contribution in [0.25, 0.3) is 0 Å². The van der Waals surface area contributed by atoms with Crippen LogP contribution in [0, 0.1) is 17.1 Å². The Morgan fingerprint density at radius 2 is 2.07 bits per heavy atom. The third-order valence-corrected chi connectivity index (χ3v) is 4.98. The van der Waals surface area contributed by atoms with E-state index in [9.17, 15) is 9.18 Å².